The number of benzene rings is 1. The summed E-state index contributed by atoms with van der Waals surface area (Å²) in [6.45, 7) is 3.11. The number of carbonyl (C=O) groups excluding carboxylic acids is 2. The summed E-state index contributed by atoms with van der Waals surface area (Å²) in [5.74, 6) is 2.16. The Labute approximate surface area is 200 Å². The van der Waals surface area contributed by atoms with Crippen LogP contribution in [-0.2, 0) is 16.1 Å². The van der Waals surface area contributed by atoms with Crippen LogP contribution in [0.3, 0.4) is 0 Å². The van der Waals surface area contributed by atoms with Gasteiger partial charge in [-0.2, -0.15) is 5.10 Å². The molecule has 2 heterocycles. The van der Waals surface area contributed by atoms with E-state index < -0.39 is 6.04 Å². The summed E-state index contributed by atoms with van der Waals surface area (Å²) in [6.07, 6.45) is 10.7. The first-order chi connectivity index (χ1) is 16.6. The third-order valence-corrected chi connectivity index (χ3v) is 6.51. The zero-order valence-electron chi connectivity index (χ0n) is 20.0. The van der Waals surface area contributed by atoms with E-state index in [2.05, 4.69) is 17.3 Å². The van der Waals surface area contributed by atoms with Crippen LogP contribution in [-0.4, -0.2) is 46.2 Å². The van der Waals surface area contributed by atoms with Gasteiger partial charge in [-0.3, -0.25) is 14.3 Å². The van der Waals surface area contributed by atoms with E-state index in [1.807, 2.05) is 23.0 Å². The number of rotatable bonds is 10. The number of amides is 2. The summed E-state index contributed by atoms with van der Waals surface area (Å²) in [4.78, 5) is 28.0. The quantitative estimate of drug-likeness (QED) is 0.562. The fourth-order valence-corrected chi connectivity index (χ4v) is 4.79. The first kappa shape index (κ1) is 23.9. The van der Waals surface area contributed by atoms with E-state index in [9.17, 15) is 9.59 Å². The van der Waals surface area contributed by atoms with Gasteiger partial charge in [-0.25, -0.2) is 0 Å². The number of hydrogen-bond acceptors (Lipinski definition) is 5. The highest BCUT2D eigenvalue weighted by atomic mass is 16.5. The van der Waals surface area contributed by atoms with Gasteiger partial charge in [-0.1, -0.05) is 51.2 Å². The van der Waals surface area contributed by atoms with Crippen molar-refractivity contribution >= 4 is 17.6 Å². The molecule has 34 heavy (non-hydrogen) atoms. The van der Waals surface area contributed by atoms with Gasteiger partial charge in [0.15, 0.2) is 17.3 Å². The maximum atomic E-state index is 13.4. The van der Waals surface area contributed by atoms with Crippen LogP contribution in [0.1, 0.15) is 51.9 Å². The van der Waals surface area contributed by atoms with Crippen LogP contribution < -0.4 is 14.8 Å². The Bertz CT molecular complexity index is 1030. The zero-order chi connectivity index (χ0) is 23.9. The molecule has 1 aliphatic heterocycles. The van der Waals surface area contributed by atoms with Crippen LogP contribution in [0.5, 0.6) is 11.5 Å². The van der Waals surface area contributed by atoms with Gasteiger partial charge in [0.25, 0.3) is 5.91 Å². The Morgan fingerprint density at radius 3 is 2.68 bits per heavy atom. The van der Waals surface area contributed by atoms with Crippen LogP contribution in [0.25, 0.3) is 0 Å². The third-order valence-electron chi connectivity index (χ3n) is 6.51. The standard InChI is InChI=1S/C26H34N4O4/c1-3-14-29-15-13-24(28-29)27-26(32)21(16-19-9-5-4-6-10-19)30-18-20(17-25(30)31)34-23-12-8-7-11-22(23)33-2/h7-8,11-13,15,17,19,21H,3-6,9-10,14,16,18H2,1-2H3,(H,27,28,32). The number of para-hydroxylation sites is 2. The van der Waals surface area contributed by atoms with E-state index >= 15 is 0 Å². The van der Waals surface area contributed by atoms with Gasteiger partial charge in [-0.15, -0.1) is 0 Å². The number of ether oxygens (including phenoxy) is 2. The number of nitrogens with one attached hydrogen (secondary N) is 1. The summed E-state index contributed by atoms with van der Waals surface area (Å²) in [5.41, 5.74) is 0. The molecular weight excluding hydrogens is 432 g/mol. The van der Waals surface area contributed by atoms with E-state index in [1.54, 1.807) is 30.2 Å². The molecule has 1 saturated carbocycles. The molecule has 8 heteroatoms. The number of aryl methyl sites for hydroxylation is 1. The molecule has 8 nitrogen and oxygen atoms in total. The first-order valence-corrected chi connectivity index (χ1v) is 12.2. The molecule has 0 radical (unpaired) electrons. The molecule has 1 fully saturated rings. The van der Waals surface area contributed by atoms with Crippen LogP contribution in [0, 0.1) is 5.92 Å². The molecular formula is C26H34N4O4. The Hall–Kier alpha value is -3.29. The molecule has 2 amide bonds. The fourth-order valence-electron chi connectivity index (χ4n) is 4.79. The predicted molar refractivity (Wildman–Crippen MR) is 130 cm³/mol. The number of nitrogens with zero attached hydrogens (tertiary/aromatic N) is 3. The van der Waals surface area contributed by atoms with Crippen LogP contribution >= 0.6 is 0 Å². The van der Waals surface area contributed by atoms with Crippen molar-refractivity contribution in [2.24, 2.45) is 5.92 Å². The molecule has 1 unspecified atom stereocenters. The van der Waals surface area contributed by atoms with Crippen LogP contribution in [0.2, 0.25) is 0 Å². The van der Waals surface area contributed by atoms with Crippen molar-refractivity contribution in [3.63, 3.8) is 0 Å². The third kappa shape index (κ3) is 5.79. The smallest absolute Gasteiger partial charge is 0.251 e. The van der Waals surface area contributed by atoms with Gasteiger partial charge in [0.2, 0.25) is 5.91 Å². The lowest BCUT2D eigenvalue weighted by molar-refractivity contribution is -0.134. The molecule has 1 aromatic heterocycles. The summed E-state index contributed by atoms with van der Waals surface area (Å²) in [5, 5.41) is 7.38. The largest absolute Gasteiger partial charge is 0.493 e. The molecule has 1 atom stereocenters. The summed E-state index contributed by atoms with van der Waals surface area (Å²) >= 11 is 0. The lowest BCUT2D eigenvalue weighted by Crippen LogP contribution is -2.46. The molecule has 1 N–H and O–H groups in total. The monoisotopic (exact) mass is 466 g/mol. The first-order valence-electron chi connectivity index (χ1n) is 12.2. The fraction of sp³-hybridized carbons (Fsp3) is 0.500. The summed E-state index contributed by atoms with van der Waals surface area (Å²) in [7, 11) is 1.58. The number of methoxy groups -OCH3 is 1. The molecule has 1 aromatic carbocycles. The molecule has 182 valence electrons. The van der Waals surface area contributed by atoms with Gasteiger partial charge in [0.05, 0.1) is 13.7 Å². The van der Waals surface area contributed by atoms with Crippen molar-refractivity contribution in [2.75, 3.05) is 19.0 Å². The van der Waals surface area contributed by atoms with Crippen molar-refractivity contribution in [1.82, 2.24) is 14.7 Å². The van der Waals surface area contributed by atoms with Gasteiger partial charge >= 0.3 is 0 Å². The topological polar surface area (TPSA) is 85.7 Å². The second kappa shape index (κ2) is 11.2. The zero-order valence-corrected chi connectivity index (χ0v) is 20.0. The molecule has 0 bridgehead atoms. The number of carbonyl (C=O) groups is 2. The molecule has 1 aliphatic carbocycles. The minimum Gasteiger partial charge on any atom is -0.493 e. The molecule has 0 spiro atoms. The van der Waals surface area contributed by atoms with E-state index in [0.717, 1.165) is 25.8 Å². The van der Waals surface area contributed by atoms with Crippen molar-refractivity contribution in [3.05, 3.63) is 48.4 Å². The maximum Gasteiger partial charge on any atom is 0.251 e. The van der Waals surface area contributed by atoms with E-state index in [0.29, 0.717) is 35.4 Å². The Morgan fingerprint density at radius 1 is 1.18 bits per heavy atom. The Morgan fingerprint density at radius 2 is 1.94 bits per heavy atom. The van der Waals surface area contributed by atoms with Crippen molar-refractivity contribution in [1.29, 1.82) is 0 Å². The van der Waals surface area contributed by atoms with E-state index in [4.69, 9.17) is 9.47 Å². The predicted octanol–water partition coefficient (Wildman–Crippen LogP) is 4.38. The van der Waals surface area contributed by atoms with Crippen molar-refractivity contribution in [3.8, 4) is 11.5 Å². The minimum absolute atomic E-state index is 0.201. The number of hydrogen-bond donors (Lipinski definition) is 1. The lowest BCUT2D eigenvalue weighted by Gasteiger charge is -2.31. The summed E-state index contributed by atoms with van der Waals surface area (Å²) in [6, 6.07) is 8.53. The second-order valence-electron chi connectivity index (χ2n) is 9.04. The average molecular weight is 467 g/mol. The normalized spacial score (nSPS) is 17.4. The number of anilines is 1. The van der Waals surface area contributed by atoms with Gasteiger partial charge in [-0.05, 0) is 30.9 Å². The second-order valence-corrected chi connectivity index (χ2v) is 9.04. The number of aromatic nitrogens is 2. The maximum absolute atomic E-state index is 13.4. The summed E-state index contributed by atoms with van der Waals surface area (Å²) < 4.78 is 13.2. The van der Waals surface area contributed by atoms with Gasteiger partial charge < -0.3 is 19.7 Å². The van der Waals surface area contributed by atoms with Gasteiger partial charge in [0.1, 0.15) is 11.8 Å². The lowest BCUT2D eigenvalue weighted by atomic mass is 9.84. The van der Waals surface area contributed by atoms with Crippen molar-refractivity contribution < 1.29 is 19.1 Å². The molecule has 2 aliphatic rings. The van der Waals surface area contributed by atoms with E-state index in [1.165, 1.54) is 25.3 Å². The van der Waals surface area contributed by atoms with Crippen molar-refractivity contribution in [2.45, 2.75) is 64.5 Å². The highest BCUT2D eigenvalue weighted by Gasteiger charge is 2.36. The molecule has 2 aromatic rings. The highest BCUT2D eigenvalue weighted by molar-refractivity contribution is 5.99. The van der Waals surface area contributed by atoms with E-state index in [-0.39, 0.29) is 18.4 Å². The SMILES string of the molecule is CCCn1ccc(NC(=O)C(CC2CCCCC2)N2CC(Oc3ccccc3OC)=CC2=O)n1. The minimum atomic E-state index is -0.582. The molecule has 4 rings (SSSR count). The highest BCUT2D eigenvalue weighted by Crippen LogP contribution is 2.32. The van der Waals surface area contributed by atoms with Crippen LogP contribution in [0.4, 0.5) is 5.82 Å². The Balaban J connectivity index is 1.48. The van der Waals surface area contributed by atoms with Gasteiger partial charge in [0, 0.05) is 24.9 Å². The van der Waals surface area contributed by atoms with Crippen LogP contribution in [0.15, 0.2) is 48.4 Å². The molecule has 0 saturated heterocycles. The Kier molecular flexibility index (Phi) is 7.87. The average Bonchev–Trinajstić information content (AvgIpc) is 3.44.